The van der Waals surface area contributed by atoms with Crippen LogP contribution in [0.2, 0.25) is 0 Å². The molecule has 0 atom stereocenters. The molecular formula is C8H12N4O. The highest BCUT2D eigenvalue weighted by atomic mass is 16.2. The topological polar surface area (TPSA) is 70.7 Å². The molecule has 0 unspecified atom stereocenters. The van der Waals surface area contributed by atoms with Crippen molar-refractivity contribution in [3.05, 3.63) is 6.33 Å². The monoisotopic (exact) mass is 180 g/mol. The van der Waals surface area contributed by atoms with Gasteiger partial charge >= 0.3 is 0 Å². The van der Waals surface area contributed by atoms with E-state index in [0.717, 1.165) is 12.8 Å². The maximum Gasteiger partial charge on any atom is 0.229 e. The molecule has 0 radical (unpaired) electrons. The predicted octanol–water partition coefficient (Wildman–Crippen LogP) is 0.789. The predicted molar refractivity (Wildman–Crippen MR) is 46.9 cm³/mol. The molecule has 2 rings (SSSR count). The average Bonchev–Trinajstić information content (AvgIpc) is 2.51. The number of nitrogens with one attached hydrogen (secondary N) is 2. The van der Waals surface area contributed by atoms with Gasteiger partial charge in [0, 0.05) is 5.92 Å². The van der Waals surface area contributed by atoms with Crippen LogP contribution in [-0.4, -0.2) is 21.1 Å². The van der Waals surface area contributed by atoms with Gasteiger partial charge in [0.2, 0.25) is 11.9 Å². The second kappa shape index (κ2) is 3.16. The zero-order valence-electron chi connectivity index (χ0n) is 7.45. The minimum Gasteiger partial charge on any atom is -0.295 e. The molecule has 0 aromatic carbocycles. The zero-order chi connectivity index (χ0) is 9.26. The number of anilines is 1. The summed E-state index contributed by atoms with van der Waals surface area (Å²) in [6, 6.07) is 0. The van der Waals surface area contributed by atoms with Crippen LogP contribution in [-0.2, 0) is 4.79 Å². The quantitative estimate of drug-likeness (QED) is 0.706. The van der Waals surface area contributed by atoms with E-state index in [9.17, 15) is 4.79 Å². The molecule has 0 aliphatic heterocycles. The first-order valence-electron chi connectivity index (χ1n) is 4.42. The Bertz CT molecular complexity index is 289. The Morgan fingerprint density at radius 1 is 1.69 bits per heavy atom. The number of hydrogen-bond donors (Lipinski definition) is 2. The number of nitrogens with zero attached hydrogens (tertiary/aromatic N) is 2. The van der Waals surface area contributed by atoms with E-state index in [2.05, 4.69) is 27.4 Å². The lowest BCUT2D eigenvalue weighted by Crippen LogP contribution is -2.33. The average molecular weight is 180 g/mol. The van der Waals surface area contributed by atoms with Gasteiger partial charge in [-0.05, 0) is 18.8 Å². The first-order chi connectivity index (χ1) is 6.25. The number of carbonyl (C=O) groups excluding carboxylic acids is 1. The fourth-order valence-corrected chi connectivity index (χ4v) is 1.60. The maximum atomic E-state index is 11.4. The highest BCUT2D eigenvalue weighted by Gasteiger charge is 2.31. The standard InChI is InChI=1S/C8H12N4O/c1-5-2-6(3-5)7(13)11-8-9-4-10-12-8/h4-6H,2-3H2,1H3,(H2,9,10,11,12,13). The van der Waals surface area contributed by atoms with Crippen LogP contribution in [0, 0.1) is 11.8 Å². The van der Waals surface area contributed by atoms with E-state index in [1.54, 1.807) is 0 Å². The molecule has 1 aliphatic carbocycles. The second-order valence-corrected chi connectivity index (χ2v) is 3.60. The van der Waals surface area contributed by atoms with Crippen LogP contribution in [0.5, 0.6) is 0 Å². The van der Waals surface area contributed by atoms with Crippen molar-refractivity contribution in [2.24, 2.45) is 11.8 Å². The van der Waals surface area contributed by atoms with Crippen molar-refractivity contribution in [2.75, 3.05) is 5.32 Å². The lowest BCUT2D eigenvalue weighted by molar-refractivity contribution is -0.123. The summed E-state index contributed by atoms with van der Waals surface area (Å²) in [5, 5.41) is 8.91. The minimum absolute atomic E-state index is 0.0508. The summed E-state index contributed by atoms with van der Waals surface area (Å²) in [6.45, 7) is 2.15. The van der Waals surface area contributed by atoms with Crippen molar-refractivity contribution >= 4 is 11.9 Å². The molecule has 1 heterocycles. The molecule has 1 aliphatic rings. The van der Waals surface area contributed by atoms with Crippen molar-refractivity contribution in [3.8, 4) is 0 Å². The van der Waals surface area contributed by atoms with Crippen LogP contribution in [0.4, 0.5) is 5.95 Å². The van der Waals surface area contributed by atoms with Crippen LogP contribution in [0.25, 0.3) is 0 Å². The Hall–Kier alpha value is -1.39. The number of aromatic nitrogens is 3. The van der Waals surface area contributed by atoms with Crippen LogP contribution in [0.3, 0.4) is 0 Å². The van der Waals surface area contributed by atoms with E-state index in [0.29, 0.717) is 11.9 Å². The molecule has 0 spiro atoms. The first kappa shape index (κ1) is 8.22. The maximum absolute atomic E-state index is 11.4. The van der Waals surface area contributed by atoms with Crippen molar-refractivity contribution < 1.29 is 4.79 Å². The van der Waals surface area contributed by atoms with Gasteiger partial charge in [-0.25, -0.2) is 5.10 Å². The number of H-pyrrole nitrogens is 1. The summed E-state index contributed by atoms with van der Waals surface area (Å²) >= 11 is 0. The van der Waals surface area contributed by atoms with Gasteiger partial charge in [-0.2, -0.15) is 10.1 Å². The van der Waals surface area contributed by atoms with Crippen molar-refractivity contribution in [1.29, 1.82) is 0 Å². The molecule has 13 heavy (non-hydrogen) atoms. The van der Waals surface area contributed by atoms with Gasteiger partial charge in [-0.1, -0.05) is 6.92 Å². The fraction of sp³-hybridized carbons (Fsp3) is 0.625. The molecule has 1 saturated carbocycles. The van der Waals surface area contributed by atoms with E-state index in [1.807, 2.05) is 0 Å². The Balaban J connectivity index is 1.86. The Labute approximate surface area is 75.9 Å². The molecule has 1 fully saturated rings. The van der Waals surface area contributed by atoms with E-state index in [1.165, 1.54) is 6.33 Å². The molecule has 5 nitrogen and oxygen atoms in total. The van der Waals surface area contributed by atoms with Gasteiger partial charge in [-0.3, -0.25) is 10.1 Å². The molecule has 0 bridgehead atoms. The van der Waals surface area contributed by atoms with Gasteiger partial charge in [0.25, 0.3) is 0 Å². The number of hydrogen-bond acceptors (Lipinski definition) is 3. The van der Waals surface area contributed by atoms with Crippen LogP contribution in [0.1, 0.15) is 19.8 Å². The smallest absolute Gasteiger partial charge is 0.229 e. The highest BCUT2D eigenvalue weighted by Crippen LogP contribution is 2.33. The summed E-state index contributed by atoms with van der Waals surface area (Å²) < 4.78 is 0. The van der Waals surface area contributed by atoms with Crippen LogP contribution in [0.15, 0.2) is 6.33 Å². The molecule has 5 heteroatoms. The summed E-state index contributed by atoms with van der Waals surface area (Å²) in [4.78, 5) is 15.3. The SMILES string of the molecule is CC1CC(C(=O)Nc2ncn[nH]2)C1. The molecule has 0 saturated heterocycles. The normalized spacial score (nSPS) is 26.5. The first-order valence-corrected chi connectivity index (χ1v) is 4.42. The summed E-state index contributed by atoms with van der Waals surface area (Å²) in [6.07, 6.45) is 3.35. The van der Waals surface area contributed by atoms with Gasteiger partial charge in [0.1, 0.15) is 6.33 Å². The largest absolute Gasteiger partial charge is 0.295 e. The Kier molecular flexibility index (Phi) is 2.00. The van der Waals surface area contributed by atoms with Gasteiger partial charge in [0.05, 0.1) is 0 Å². The highest BCUT2D eigenvalue weighted by molar-refractivity contribution is 5.91. The Morgan fingerprint density at radius 2 is 2.46 bits per heavy atom. The van der Waals surface area contributed by atoms with E-state index < -0.39 is 0 Å². The molecular weight excluding hydrogens is 168 g/mol. The zero-order valence-corrected chi connectivity index (χ0v) is 7.45. The Morgan fingerprint density at radius 3 is 3.00 bits per heavy atom. The van der Waals surface area contributed by atoms with E-state index in [-0.39, 0.29) is 11.8 Å². The van der Waals surface area contributed by atoms with Crippen LogP contribution < -0.4 is 5.32 Å². The van der Waals surface area contributed by atoms with Crippen molar-refractivity contribution in [3.63, 3.8) is 0 Å². The third-order valence-corrected chi connectivity index (χ3v) is 2.40. The van der Waals surface area contributed by atoms with Crippen LogP contribution >= 0.6 is 0 Å². The lowest BCUT2D eigenvalue weighted by atomic mass is 9.76. The summed E-state index contributed by atoms with van der Waals surface area (Å²) in [5.74, 6) is 1.34. The molecule has 70 valence electrons. The number of amides is 1. The third-order valence-electron chi connectivity index (χ3n) is 2.40. The molecule has 2 N–H and O–H groups in total. The molecule has 1 aromatic rings. The summed E-state index contributed by atoms with van der Waals surface area (Å²) in [5.41, 5.74) is 0. The van der Waals surface area contributed by atoms with Gasteiger partial charge in [0.15, 0.2) is 0 Å². The molecule has 1 amide bonds. The van der Waals surface area contributed by atoms with Gasteiger partial charge in [-0.15, -0.1) is 0 Å². The summed E-state index contributed by atoms with van der Waals surface area (Å²) in [7, 11) is 0. The van der Waals surface area contributed by atoms with Gasteiger partial charge < -0.3 is 0 Å². The van der Waals surface area contributed by atoms with Crippen molar-refractivity contribution in [2.45, 2.75) is 19.8 Å². The number of carbonyl (C=O) groups is 1. The second-order valence-electron chi connectivity index (χ2n) is 3.60. The third kappa shape index (κ3) is 1.68. The van der Waals surface area contributed by atoms with Crippen molar-refractivity contribution in [1.82, 2.24) is 15.2 Å². The van der Waals surface area contributed by atoms with E-state index >= 15 is 0 Å². The van der Waals surface area contributed by atoms with E-state index in [4.69, 9.17) is 0 Å². The fourth-order valence-electron chi connectivity index (χ4n) is 1.60. The minimum atomic E-state index is 0.0508. The number of aromatic amines is 1. The number of rotatable bonds is 2. The molecule has 1 aromatic heterocycles. The lowest BCUT2D eigenvalue weighted by Gasteiger charge is -2.30.